The number of hydrogen-bond donors (Lipinski definition) is 2. The SMILES string of the molecule is CCCN(CCO)C(=O)N1CCC[C@H](C(=O)O)C1. The molecule has 104 valence electrons. The number of amides is 2. The second kappa shape index (κ2) is 7.20. The Morgan fingerprint density at radius 3 is 2.67 bits per heavy atom. The molecule has 0 aromatic carbocycles. The molecule has 0 spiro atoms. The Hall–Kier alpha value is -1.30. The number of rotatable bonds is 5. The maximum atomic E-state index is 12.2. The van der Waals surface area contributed by atoms with Gasteiger partial charge in [-0.1, -0.05) is 6.92 Å². The predicted octanol–water partition coefficient (Wildman–Crippen LogP) is 0.607. The summed E-state index contributed by atoms with van der Waals surface area (Å²) in [4.78, 5) is 26.3. The summed E-state index contributed by atoms with van der Waals surface area (Å²) in [5.41, 5.74) is 0. The molecule has 1 rings (SSSR count). The lowest BCUT2D eigenvalue weighted by Crippen LogP contribution is -2.49. The molecule has 1 saturated heterocycles. The van der Waals surface area contributed by atoms with E-state index in [-0.39, 0.29) is 19.2 Å². The number of carbonyl (C=O) groups excluding carboxylic acids is 1. The monoisotopic (exact) mass is 258 g/mol. The first-order valence-corrected chi connectivity index (χ1v) is 6.47. The highest BCUT2D eigenvalue weighted by atomic mass is 16.4. The molecular formula is C12H22N2O4. The van der Waals surface area contributed by atoms with Gasteiger partial charge in [0, 0.05) is 26.2 Å². The summed E-state index contributed by atoms with van der Waals surface area (Å²) in [6.07, 6.45) is 2.18. The first-order chi connectivity index (χ1) is 8.60. The fourth-order valence-electron chi connectivity index (χ4n) is 2.25. The number of urea groups is 1. The molecule has 6 heteroatoms. The number of hydrogen-bond acceptors (Lipinski definition) is 3. The van der Waals surface area contributed by atoms with Gasteiger partial charge in [-0.3, -0.25) is 4.79 Å². The zero-order valence-corrected chi connectivity index (χ0v) is 10.8. The van der Waals surface area contributed by atoms with Crippen LogP contribution in [-0.4, -0.2) is 64.8 Å². The molecule has 0 bridgehead atoms. The molecule has 0 saturated carbocycles. The molecule has 1 fully saturated rings. The molecule has 0 aromatic rings. The van der Waals surface area contributed by atoms with Gasteiger partial charge in [0.05, 0.1) is 12.5 Å². The molecule has 2 amide bonds. The number of aliphatic carboxylic acids is 1. The standard InChI is InChI=1S/C12H22N2O4/c1-2-5-13(7-8-15)12(18)14-6-3-4-10(9-14)11(16)17/h10,15H,2-9H2,1H3,(H,16,17)/t10-/m0/s1. The van der Waals surface area contributed by atoms with Crippen molar-refractivity contribution in [3.63, 3.8) is 0 Å². The van der Waals surface area contributed by atoms with Crippen molar-refractivity contribution in [2.45, 2.75) is 26.2 Å². The lowest BCUT2D eigenvalue weighted by Gasteiger charge is -2.35. The van der Waals surface area contributed by atoms with E-state index in [4.69, 9.17) is 10.2 Å². The average molecular weight is 258 g/mol. The van der Waals surface area contributed by atoms with Crippen molar-refractivity contribution in [2.24, 2.45) is 5.92 Å². The van der Waals surface area contributed by atoms with Crippen LogP contribution < -0.4 is 0 Å². The minimum atomic E-state index is -0.836. The first kappa shape index (κ1) is 14.8. The third kappa shape index (κ3) is 3.87. The summed E-state index contributed by atoms with van der Waals surface area (Å²) in [6, 6.07) is -0.156. The Labute approximate surface area is 107 Å². The Balaban J connectivity index is 2.60. The average Bonchev–Trinajstić information content (AvgIpc) is 2.38. The van der Waals surface area contributed by atoms with Gasteiger partial charge in [-0.2, -0.15) is 0 Å². The molecule has 0 unspecified atom stereocenters. The second-order valence-electron chi connectivity index (χ2n) is 4.62. The zero-order valence-electron chi connectivity index (χ0n) is 10.8. The zero-order chi connectivity index (χ0) is 13.5. The number of piperidine rings is 1. The summed E-state index contributed by atoms with van der Waals surface area (Å²) in [6.45, 7) is 3.68. The van der Waals surface area contributed by atoms with E-state index < -0.39 is 11.9 Å². The fraction of sp³-hybridized carbons (Fsp3) is 0.833. The lowest BCUT2D eigenvalue weighted by molar-refractivity contribution is -0.143. The van der Waals surface area contributed by atoms with E-state index in [1.165, 1.54) is 0 Å². The van der Waals surface area contributed by atoms with Crippen molar-refractivity contribution in [1.82, 2.24) is 9.80 Å². The third-order valence-corrected chi connectivity index (χ3v) is 3.18. The number of carboxylic acids is 1. The minimum absolute atomic E-state index is 0.0675. The van der Waals surface area contributed by atoms with Crippen molar-refractivity contribution in [2.75, 3.05) is 32.8 Å². The number of carbonyl (C=O) groups is 2. The van der Waals surface area contributed by atoms with Gasteiger partial charge in [-0.25, -0.2) is 4.79 Å². The molecule has 0 aliphatic carbocycles. The molecule has 1 aliphatic heterocycles. The van der Waals surface area contributed by atoms with E-state index in [1.807, 2.05) is 6.92 Å². The van der Waals surface area contributed by atoms with Crippen LogP contribution in [-0.2, 0) is 4.79 Å². The summed E-state index contributed by atoms with van der Waals surface area (Å²) < 4.78 is 0. The van der Waals surface area contributed by atoms with Crippen LogP contribution in [0, 0.1) is 5.92 Å². The molecule has 0 aromatic heterocycles. The van der Waals surface area contributed by atoms with Crippen molar-refractivity contribution < 1.29 is 19.8 Å². The van der Waals surface area contributed by atoms with Gasteiger partial charge in [-0.15, -0.1) is 0 Å². The van der Waals surface area contributed by atoms with Crippen LogP contribution in [0.25, 0.3) is 0 Å². The predicted molar refractivity (Wildman–Crippen MR) is 66.3 cm³/mol. The fourth-order valence-corrected chi connectivity index (χ4v) is 2.25. The molecule has 2 N–H and O–H groups in total. The van der Waals surface area contributed by atoms with Crippen LogP contribution in [0.1, 0.15) is 26.2 Å². The van der Waals surface area contributed by atoms with Gasteiger partial charge in [0.25, 0.3) is 0 Å². The molecule has 1 atom stereocenters. The van der Waals surface area contributed by atoms with Crippen molar-refractivity contribution in [3.8, 4) is 0 Å². The van der Waals surface area contributed by atoms with Gasteiger partial charge in [0.2, 0.25) is 0 Å². The Kier molecular flexibility index (Phi) is 5.91. The smallest absolute Gasteiger partial charge is 0.320 e. The molecule has 1 aliphatic rings. The quantitative estimate of drug-likeness (QED) is 0.757. The van der Waals surface area contributed by atoms with E-state index in [2.05, 4.69) is 0 Å². The molecule has 6 nitrogen and oxygen atoms in total. The number of likely N-dealkylation sites (tertiary alicyclic amines) is 1. The first-order valence-electron chi connectivity index (χ1n) is 6.47. The van der Waals surface area contributed by atoms with Crippen molar-refractivity contribution >= 4 is 12.0 Å². The lowest BCUT2D eigenvalue weighted by atomic mass is 9.98. The van der Waals surface area contributed by atoms with E-state index >= 15 is 0 Å². The summed E-state index contributed by atoms with van der Waals surface area (Å²) in [5.74, 6) is -1.29. The maximum absolute atomic E-state index is 12.2. The molecule has 0 radical (unpaired) electrons. The van der Waals surface area contributed by atoms with Gasteiger partial charge in [0.15, 0.2) is 0 Å². The highest BCUT2D eigenvalue weighted by Gasteiger charge is 2.30. The summed E-state index contributed by atoms with van der Waals surface area (Å²) in [7, 11) is 0. The number of aliphatic hydroxyl groups is 1. The minimum Gasteiger partial charge on any atom is -0.481 e. The van der Waals surface area contributed by atoms with Crippen molar-refractivity contribution in [1.29, 1.82) is 0 Å². The highest BCUT2D eigenvalue weighted by molar-refractivity contribution is 5.76. The molecular weight excluding hydrogens is 236 g/mol. The largest absolute Gasteiger partial charge is 0.481 e. The van der Waals surface area contributed by atoms with E-state index in [9.17, 15) is 9.59 Å². The van der Waals surface area contributed by atoms with Crippen molar-refractivity contribution in [3.05, 3.63) is 0 Å². The summed E-state index contributed by atoms with van der Waals surface area (Å²) >= 11 is 0. The Morgan fingerprint density at radius 2 is 2.11 bits per heavy atom. The molecule has 1 heterocycles. The van der Waals surface area contributed by atoms with Gasteiger partial charge < -0.3 is 20.0 Å². The van der Waals surface area contributed by atoms with Crippen LogP contribution >= 0.6 is 0 Å². The van der Waals surface area contributed by atoms with E-state index in [1.54, 1.807) is 9.80 Å². The van der Waals surface area contributed by atoms with Crippen LogP contribution in [0.4, 0.5) is 4.79 Å². The van der Waals surface area contributed by atoms with Gasteiger partial charge >= 0.3 is 12.0 Å². The van der Waals surface area contributed by atoms with Crippen LogP contribution in [0.2, 0.25) is 0 Å². The number of aliphatic hydroxyl groups excluding tert-OH is 1. The Bertz CT molecular complexity index is 290. The normalized spacial score (nSPS) is 19.7. The number of nitrogens with zero attached hydrogens (tertiary/aromatic N) is 2. The summed E-state index contributed by atoms with van der Waals surface area (Å²) in [5, 5.41) is 17.9. The molecule has 18 heavy (non-hydrogen) atoms. The van der Waals surface area contributed by atoms with Gasteiger partial charge in [-0.05, 0) is 19.3 Å². The highest BCUT2D eigenvalue weighted by Crippen LogP contribution is 2.18. The van der Waals surface area contributed by atoms with E-state index in [0.717, 1.165) is 12.8 Å². The maximum Gasteiger partial charge on any atom is 0.320 e. The van der Waals surface area contributed by atoms with Gasteiger partial charge in [0.1, 0.15) is 0 Å². The Morgan fingerprint density at radius 1 is 1.39 bits per heavy atom. The van der Waals surface area contributed by atoms with Crippen LogP contribution in [0.3, 0.4) is 0 Å². The number of carboxylic acid groups (broad SMARTS) is 1. The second-order valence-corrected chi connectivity index (χ2v) is 4.62. The van der Waals surface area contributed by atoms with Crippen LogP contribution in [0.15, 0.2) is 0 Å². The van der Waals surface area contributed by atoms with E-state index in [0.29, 0.717) is 26.1 Å². The van der Waals surface area contributed by atoms with Crippen LogP contribution in [0.5, 0.6) is 0 Å². The topological polar surface area (TPSA) is 81.1 Å². The third-order valence-electron chi connectivity index (χ3n) is 3.18.